The van der Waals surface area contributed by atoms with Crippen LogP contribution in [0.15, 0.2) is 42.5 Å². The summed E-state index contributed by atoms with van der Waals surface area (Å²) in [6.45, 7) is 5.66. The average Bonchev–Trinajstić information content (AvgIpc) is 3.05. The van der Waals surface area contributed by atoms with E-state index in [1.165, 1.54) is 11.6 Å². The molecule has 0 amide bonds. The van der Waals surface area contributed by atoms with Gasteiger partial charge in [-0.05, 0) is 62.2 Å². The second kappa shape index (κ2) is 7.04. The van der Waals surface area contributed by atoms with Crippen molar-refractivity contribution in [3.8, 4) is 0 Å². The summed E-state index contributed by atoms with van der Waals surface area (Å²) in [6.07, 6.45) is 2.06. The summed E-state index contributed by atoms with van der Waals surface area (Å²) in [5.41, 5.74) is 4.40. The Hall–Kier alpha value is -2.27. The maximum absolute atomic E-state index is 13.5. The molecule has 2 aromatic carbocycles. The smallest absolute Gasteiger partial charge is 0.270 e. The fourth-order valence-corrected chi connectivity index (χ4v) is 3.90. The first kappa shape index (κ1) is 18.1. The predicted octanol–water partition coefficient (Wildman–Crippen LogP) is 5.36. The number of halogens is 2. The highest BCUT2D eigenvalue weighted by molar-refractivity contribution is 5.75. The zero-order valence-corrected chi connectivity index (χ0v) is 15.8. The van der Waals surface area contributed by atoms with E-state index in [2.05, 4.69) is 35.0 Å². The molecule has 5 heteroatoms. The van der Waals surface area contributed by atoms with Crippen LogP contribution in [0.3, 0.4) is 0 Å². The van der Waals surface area contributed by atoms with Gasteiger partial charge in [-0.2, -0.15) is 0 Å². The summed E-state index contributed by atoms with van der Waals surface area (Å²) < 4.78 is 27.1. The number of H-pyrrole nitrogens is 1. The predicted molar refractivity (Wildman–Crippen MR) is 104 cm³/mol. The van der Waals surface area contributed by atoms with Gasteiger partial charge < -0.3 is 4.98 Å². The second-order valence-corrected chi connectivity index (χ2v) is 7.78. The number of fused-ring (bicyclic) bond motifs is 1. The van der Waals surface area contributed by atoms with Crippen molar-refractivity contribution < 1.29 is 8.78 Å². The number of alkyl halides is 2. The summed E-state index contributed by atoms with van der Waals surface area (Å²) in [4.78, 5) is 10.6. The highest BCUT2D eigenvalue weighted by Gasteiger charge is 2.26. The standard InChI is InChI=1S/C22H25F2N3/c1-15-6-7-19-20(12-15)26-21(25-19)17-8-10-27(11-9-17)14-16-4-3-5-18(13-16)22(2,23)24/h3-7,12-13,17H,8-11,14H2,1-2H3,(H,25,26). The van der Waals surface area contributed by atoms with Gasteiger partial charge in [-0.3, -0.25) is 4.90 Å². The van der Waals surface area contributed by atoms with E-state index >= 15 is 0 Å². The Morgan fingerprint density at radius 1 is 1.15 bits per heavy atom. The first-order valence-electron chi connectivity index (χ1n) is 9.54. The van der Waals surface area contributed by atoms with Crippen molar-refractivity contribution in [3.05, 3.63) is 65.0 Å². The van der Waals surface area contributed by atoms with Crippen LogP contribution in [0.5, 0.6) is 0 Å². The monoisotopic (exact) mass is 369 g/mol. The Bertz CT molecular complexity index is 934. The molecule has 1 saturated heterocycles. The molecule has 1 N–H and O–H groups in total. The molecule has 1 aliphatic heterocycles. The van der Waals surface area contributed by atoms with Gasteiger partial charge in [0.25, 0.3) is 5.92 Å². The third-order valence-electron chi connectivity index (χ3n) is 5.47. The summed E-state index contributed by atoms with van der Waals surface area (Å²) >= 11 is 0. The molecule has 0 aliphatic carbocycles. The summed E-state index contributed by atoms with van der Waals surface area (Å²) in [7, 11) is 0. The van der Waals surface area contributed by atoms with Crippen molar-refractivity contribution in [3.63, 3.8) is 0 Å². The van der Waals surface area contributed by atoms with Crippen molar-refractivity contribution in [1.29, 1.82) is 0 Å². The van der Waals surface area contributed by atoms with Crippen LogP contribution in [0.4, 0.5) is 8.78 Å². The summed E-state index contributed by atoms with van der Waals surface area (Å²) in [5, 5.41) is 0. The third-order valence-corrected chi connectivity index (χ3v) is 5.47. The van der Waals surface area contributed by atoms with Gasteiger partial charge in [-0.1, -0.05) is 24.3 Å². The van der Waals surface area contributed by atoms with Crippen LogP contribution >= 0.6 is 0 Å². The van der Waals surface area contributed by atoms with Crippen LogP contribution in [0, 0.1) is 6.92 Å². The lowest BCUT2D eigenvalue weighted by Gasteiger charge is -2.31. The van der Waals surface area contributed by atoms with Crippen LogP contribution in [0.2, 0.25) is 0 Å². The van der Waals surface area contributed by atoms with Crippen molar-refractivity contribution in [2.75, 3.05) is 13.1 Å². The highest BCUT2D eigenvalue weighted by atomic mass is 19.3. The van der Waals surface area contributed by atoms with Gasteiger partial charge in [0.2, 0.25) is 0 Å². The molecular weight excluding hydrogens is 344 g/mol. The lowest BCUT2D eigenvalue weighted by Crippen LogP contribution is -2.32. The number of likely N-dealkylation sites (tertiary alicyclic amines) is 1. The maximum Gasteiger partial charge on any atom is 0.270 e. The Morgan fingerprint density at radius 2 is 1.93 bits per heavy atom. The Balaban J connectivity index is 1.40. The maximum atomic E-state index is 13.5. The van der Waals surface area contributed by atoms with Gasteiger partial charge in [0.1, 0.15) is 5.82 Å². The molecule has 0 bridgehead atoms. The van der Waals surface area contributed by atoms with Crippen molar-refractivity contribution in [2.45, 2.75) is 45.1 Å². The van der Waals surface area contributed by atoms with E-state index in [1.54, 1.807) is 12.1 Å². The van der Waals surface area contributed by atoms with Crippen LogP contribution in [0.1, 0.15) is 48.2 Å². The molecule has 3 nitrogen and oxygen atoms in total. The molecule has 0 unspecified atom stereocenters. The topological polar surface area (TPSA) is 31.9 Å². The van der Waals surface area contributed by atoms with E-state index in [1.807, 2.05) is 6.07 Å². The molecule has 1 fully saturated rings. The lowest BCUT2D eigenvalue weighted by atomic mass is 9.95. The largest absolute Gasteiger partial charge is 0.342 e. The summed E-state index contributed by atoms with van der Waals surface area (Å²) in [5.74, 6) is -1.29. The molecule has 1 aliphatic rings. The van der Waals surface area contributed by atoms with Gasteiger partial charge >= 0.3 is 0 Å². The van der Waals surface area contributed by atoms with Gasteiger partial charge in [0, 0.05) is 24.9 Å². The molecule has 0 spiro atoms. The number of benzene rings is 2. The van der Waals surface area contributed by atoms with E-state index < -0.39 is 5.92 Å². The molecule has 0 atom stereocenters. The summed E-state index contributed by atoms with van der Waals surface area (Å²) in [6, 6.07) is 13.1. The zero-order valence-electron chi connectivity index (χ0n) is 15.8. The lowest BCUT2D eigenvalue weighted by molar-refractivity contribution is 0.0173. The first-order valence-corrected chi connectivity index (χ1v) is 9.54. The minimum absolute atomic E-state index is 0.0902. The van der Waals surface area contributed by atoms with Crippen molar-refractivity contribution in [1.82, 2.24) is 14.9 Å². The van der Waals surface area contributed by atoms with E-state index in [4.69, 9.17) is 4.98 Å². The van der Waals surface area contributed by atoms with Crippen LogP contribution in [-0.2, 0) is 12.5 Å². The number of hydrogen-bond acceptors (Lipinski definition) is 2. The molecule has 27 heavy (non-hydrogen) atoms. The number of aromatic nitrogens is 2. The molecule has 2 heterocycles. The molecule has 142 valence electrons. The number of aromatic amines is 1. The number of piperidine rings is 1. The normalized spacial score (nSPS) is 16.9. The van der Waals surface area contributed by atoms with Crippen LogP contribution in [0.25, 0.3) is 11.0 Å². The Morgan fingerprint density at radius 3 is 2.67 bits per heavy atom. The van der Waals surface area contributed by atoms with E-state index in [0.29, 0.717) is 5.92 Å². The van der Waals surface area contributed by atoms with Gasteiger partial charge in [-0.15, -0.1) is 0 Å². The van der Waals surface area contributed by atoms with Gasteiger partial charge in [0.15, 0.2) is 0 Å². The molecule has 4 rings (SSSR count). The third kappa shape index (κ3) is 4.03. The van der Waals surface area contributed by atoms with Crippen LogP contribution in [-0.4, -0.2) is 28.0 Å². The SMILES string of the molecule is Cc1ccc2nc(C3CCN(Cc4cccc(C(C)(F)F)c4)CC3)[nH]c2c1. The van der Waals surface area contributed by atoms with Crippen molar-refractivity contribution in [2.24, 2.45) is 0 Å². The quantitative estimate of drug-likeness (QED) is 0.671. The second-order valence-electron chi connectivity index (χ2n) is 7.78. The Kier molecular flexibility index (Phi) is 4.72. The number of nitrogens with one attached hydrogen (secondary N) is 1. The average molecular weight is 369 g/mol. The van der Waals surface area contributed by atoms with E-state index in [-0.39, 0.29) is 5.56 Å². The fourth-order valence-electron chi connectivity index (χ4n) is 3.90. The fraction of sp³-hybridized carbons (Fsp3) is 0.409. The number of imidazole rings is 1. The van der Waals surface area contributed by atoms with Gasteiger partial charge in [-0.25, -0.2) is 13.8 Å². The minimum atomic E-state index is -2.79. The molecule has 0 radical (unpaired) electrons. The van der Waals surface area contributed by atoms with E-state index in [0.717, 1.165) is 61.8 Å². The molecular formula is C22H25F2N3. The molecule has 1 aromatic heterocycles. The highest BCUT2D eigenvalue weighted by Crippen LogP contribution is 2.30. The minimum Gasteiger partial charge on any atom is -0.342 e. The zero-order chi connectivity index (χ0) is 19.0. The number of aryl methyl sites for hydroxylation is 1. The van der Waals surface area contributed by atoms with Crippen molar-refractivity contribution >= 4 is 11.0 Å². The van der Waals surface area contributed by atoms with Crippen LogP contribution < -0.4 is 0 Å². The first-order chi connectivity index (χ1) is 12.9. The molecule has 0 saturated carbocycles. The van der Waals surface area contributed by atoms with Gasteiger partial charge in [0.05, 0.1) is 11.0 Å². The number of nitrogens with zero attached hydrogens (tertiary/aromatic N) is 2. The van der Waals surface area contributed by atoms with E-state index in [9.17, 15) is 8.78 Å². The Labute approximate surface area is 158 Å². The number of rotatable bonds is 4. The number of hydrogen-bond donors (Lipinski definition) is 1. The molecule has 3 aromatic rings.